The summed E-state index contributed by atoms with van der Waals surface area (Å²) in [5.41, 5.74) is 5.31. The number of amidine groups is 1. The molecule has 90 valence electrons. The van der Waals surface area contributed by atoms with Crippen molar-refractivity contribution in [2.24, 2.45) is 5.73 Å². The van der Waals surface area contributed by atoms with E-state index in [0.717, 1.165) is 18.2 Å². The molecule has 0 saturated heterocycles. The van der Waals surface area contributed by atoms with Crippen molar-refractivity contribution in [2.75, 3.05) is 13.2 Å². The van der Waals surface area contributed by atoms with E-state index in [0.29, 0.717) is 0 Å². The van der Waals surface area contributed by atoms with Gasteiger partial charge in [-0.3, -0.25) is 5.41 Å². The smallest absolute Gasteiger partial charge is 0.126 e. The predicted molar refractivity (Wildman–Crippen MR) is 60.0 cm³/mol. The van der Waals surface area contributed by atoms with Crippen LogP contribution in [0.4, 0.5) is 8.78 Å². The van der Waals surface area contributed by atoms with Crippen LogP contribution < -0.4 is 5.73 Å². The van der Waals surface area contributed by atoms with Gasteiger partial charge in [0.05, 0.1) is 6.61 Å². The highest BCUT2D eigenvalue weighted by atomic mass is 35.5. The molecule has 1 rings (SSSR count). The van der Waals surface area contributed by atoms with Gasteiger partial charge in [0.2, 0.25) is 0 Å². The molecule has 0 heterocycles. The number of rotatable bonds is 5. The number of hydrogen-bond acceptors (Lipinski definition) is 2. The maximum absolute atomic E-state index is 13.1. The molecule has 0 fully saturated rings. The van der Waals surface area contributed by atoms with E-state index < -0.39 is 11.6 Å². The minimum absolute atomic E-state index is 0. The third kappa shape index (κ3) is 5.04. The number of nitrogens with one attached hydrogen (secondary N) is 1. The van der Waals surface area contributed by atoms with Gasteiger partial charge in [-0.15, -0.1) is 12.4 Å². The second-order valence-electron chi connectivity index (χ2n) is 3.06. The van der Waals surface area contributed by atoms with Crippen LogP contribution in [0.3, 0.4) is 0 Å². The van der Waals surface area contributed by atoms with Crippen molar-refractivity contribution in [3.8, 4) is 0 Å². The maximum Gasteiger partial charge on any atom is 0.126 e. The minimum Gasteiger partial charge on any atom is -0.386 e. The SMILES string of the molecule is Cl.N=C(N)COCCc1cc(F)ccc1F. The minimum atomic E-state index is -0.474. The lowest BCUT2D eigenvalue weighted by atomic mass is 10.1. The first-order chi connectivity index (χ1) is 7.09. The van der Waals surface area contributed by atoms with Crippen molar-refractivity contribution in [3.63, 3.8) is 0 Å². The van der Waals surface area contributed by atoms with Gasteiger partial charge in [-0.2, -0.15) is 0 Å². The molecule has 0 saturated carbocycles. The molecule has 0 amide bonds. The average Bonchev–Trinajstić information content (AvgIpc) is 2.17. The lowest BCUT2D eigenvalue weighted by Gasteiger charge is -2.04. The van der Waals surface area contributed by atoms with Gasteiger partial charge in [-0.25, -0.2) is 8.78 Å². The molecule has 0 aliphatic carbocycles. The molecule has 0 bridgehead atoms. The van der Waals surface area contributed by atoms with Crippen molar-refractivity contribution in [3.05, 3.63) is 35.4 Å². The van der Waals surface area contributed by atoms with Crippen molar-refractivity contribution in [2.45, 2.75) is 6.42 Å². The molecule has 6 heteroatoms. The second-order valence-corrected chi connectivity index (χ2v) is 3.06. The Morgan fingerprint density at radius 1 is 1.38 bits per heavy atom. The third-order valence-corrected chi connectivity index (χ3v) is 1.78. The molecule has 0 aliphatic rings. The van der Waals surface area contributed by atoms with E-state index in [4.69, 9.17) is 15.9 Å². The highest BCUT2D eigenvalue weighted by molar-refractivity contribution is 5.85. The quantitative estimate of drug-likeness (QED) is 0.476. The van der Waals surface area contributed by atoms with Gasteiger partial charge in [0.1, 0.15) is 24.1 Å². The molecular weight excluding hydrogens is 238 g/mol. The summed E-state index contributed by atoms with van der Waals surface area (Å²) in [6.45, 7) is 0.219. The van der Waals surface area contributed by atoms with Crippen LogP contribution in [0.2, 0.25) is 0 Å². The van der Waals surface area contributed by atoms with Gasteiger partial charge in [-0.1, -0.05) is 0 Å². The summed E-state index contributed by atoms with van der Waals surface area (Å²) in [6.07, 6.45) is 0.261. The van der Waals surface area contributed by atoms with E-state index in [1.807, 2.05) is 0 Å². The first-order valence-electron chi connectivity index (χ1n) is 4.44. The van der Waals surface area contributed by atoms with Crippen LogP contribution in [0.1, 0.15) is 5.56 Å². The normalized spacial score (nSPS) is 9.62. The monoisotopic (exact) mass is 250 g/mol. The van der Waals surface area contributed by atoms with Gasteiger partial charge in [0.25, 0.3) is 0 Å². The molecule has 3 nitrogen and oxygen atoms in total. The lowest BCUT2D eigenvalue weighted by Crippen LogP contribution is -2.18. The predicted octanol–water partition coefficient (Wildman–Crippen LogP) is 1.88. The van der Waals surface area contributed by atoms with Crippen LogP contribution >= 0.6 is 12.4 Å². The van der Waals surface area contributed by atoms with Crippen LogP contribution in [0.5, 0.6) is 0 Å². The van der Waals surface area contributed by atoms with Crippen molar-refractivity contribution < 1.29 is 13.5 Å². The first-order valence-corrected chi connectivity index (χ1v) is 4.44. The second kappa shape index (κ2) is 7.14. The standard InChI is InChI=1S/C10H12F2N2O.ClH/c11-8-1-2-9(12)7(5-8)3-4-15-6-10(13)14;/h1-2,5H,3-4,6H2,(H3,13,14);1H. The maximum atomic E-state index is 13.1. The Labute approximate surface area is 98.5 Å². The van der Waals surface area contributed by atoms with Gasteiger partial charge >= 0.3 is 0 Å². The van der Waals surface area contributed by atoms with Crippen LogP contribution in [-0.4, -0.2) is 19.0 Å². The topological polar surface area (TPSA) is 59.1 Å². The molecule has 0 spiro atoms. The van der Waals surface area contributed by atoms with E-state index in [1.165, 1.54) is 0 Å². The summed E-state index contributed by atoms with van der Waals surface area (Å²) in [7, 11) is 0. The van der Waals surface area contributed by atoms with E-state index in [1.54, 1.807) is 0 Å². The third-order valence-electron chi connectivity index (χ3n) is 1.78. The molecule has 0 atom stereocenters. The largest absolute Gasteiger partial charge is 0.386 e. The summed E-state index contributed by atoms with van der Waals surface area (Å²) in [5, 5.41) is 6.87. The highest BCUT2D eigenvalue weighted by Gasteiger charge is 2.03. The Morgan fingerprint density at radius 2 is 2.06 bits per heavy atom. The van der Waals surface area contributed by atoms with Crippen LogP contribution in [-0.2, 0) is 11.2 Å². The molecule has 16 heavy (non-hydrogen) atoms. The Hall–Kier alpha value is -1.20. The van der Waals surface area contributed by atoms with Crippen LogP contribution in [0, 0.1) is 17.0 Å². The van der Waals surface area contributed by atoms with E-state index in [2.05, 4.69) is 0 Å². The van der Waals surface area contributed by atoms with Gasteiger partial charge in [-0.05, 0) is 30.2 Å². The van der Waals surface area contributed by atoms with Crippen molar-refractivity contribution >= 4 is 18.2 Å². The number of benzene rings is 1. The molecule has 1 aromatic carbocycles. The molecule has 1 aromatic rings. The number of ether oxygens (including phenoxy) is 1. The Morgan fingerprint density at radius 3 is 2.69 bits per heavy atom. The fourth-order valence-electron chi connectivity index (χ4n) is 1.10. The zero-order valence-electron chi connectivity index (χ0n) is 8.50. The van der Waals surface area contributed by atoms with Crippen LogP contribution in [0.15, 0.2) is 18.2 Å². The summed E-state index contributed by atoms with van der Waals surface area (Å²) < 4.78 is 30.7. The van der Waals surface area contributed by atoms with Gasteiger partial charge < -0.3 is 10.5 Å². The summed E-state index contributed by atoms with van der Waals surface area (Å²) in [6, 6.07) is 3.28. The summed E-state index contributed by atoms with van der Waals surface area (Å²) >= 11 is 0. The van der Waals surface area contributed by atoms with Crippen molar-refractivity contribution in [1.82, 2.24) is 0 Å². The first kappa shape index (κ1) is 14.8. The zero-order chi connectivity index (χ0) is 11.3. The summed E-state index contributed by atoms with van der Waals surface area (Å²) in [4.78, 5) is 0. The Balaban J connectivity index is 0.00000225. The fourth-order valence-corrected chi connectivity index (χ4v) is 1.10. The molecule has 0 aromatic heterocycles. The lowest BCUT2D eigenvalue weighted by molar-refractivity contribution is 0.173. The molecule has 0 aliphatic heterocycles. The zero-order valence-corrected chi connectivity index (χ0v) is 9.32. The fraction of sp³-hybridized carbons (Fsp3) is 0.300. The Kier molecular flexibility index (Phi) is 6.60. The van der Waals surface area contributed by atoms with Gasteiger partial charge in [0, 0.05) is 0 Å². The van der Waals surface area contributed by atoms with Crippen molar-refractivity contribution in [1.29, 1.82) is 5.41 Å². The van der Waals surface area contributed by atoms with E-state index in [-0.39, 0.29) is 43.4 Å². The number of hydrogen-bond donors (Lipinski definition) is 2. The van der Waals surface area contributed by atoms with Crippen LogP contribution in [0.25, 0.3) is 0 Å². The van der Waals surface area contributed by atoms with Gasteiger partial charge in [0.15, 0.2) is 0 Å². The molecular formula is C10H13ClF2N2O. The van der Waals surface area contributed by atoms with E-state index in [9.17, 15) is 8.78 Å². The van der Waals surface area contributed by atoms with E-state index >= 15 is 0 Å². The highest BCUT2D eigenvalue weighted by Crippen LogP contribution is 2.10. The summed E-state index contributed by atoms with van der Waals surface area (Å²) in [5.74, 6) is -1.02. The molecule has 0 unspecified atom stereocenters. The molecule has 0 radical (unpaired) electrons. The Bertz CT molecular complexity index is 361. The number of nitrogens with two attached hydrogens (primary N) is 1. The number of halogens is 3. The average molecular weight is 251 g/mol. The molecule has 3 N–H and O–H groups in total.